The molecule has 0 saturated heterocycles. The summed E-state index contributed by atoms with van der Waals surface area (Å²) < 4.78 is 35.1. The van der Waals surface area contributed by atoms with Crippen LogP contribution in [0.4, 0.5) is 5.13 Å². The Morgan fingerprint density at radius 2 is 1.90 bits per heavy atom. The average molecular weight is 443 g/mol. The van der Waals surface area contributed by atoms with Crippen LogP contribution in [0.25, 0.3) is 10.2 Å². The quantitative estimate of drug-likeness (QED) is 0.446. The van der Waals surface area contributed by atoms with Crippen LogP contribution in [0, 0.1) is 0 Å². The average Bonchev–Trinajstić information content (AvgIpc) is 3.40. The van der Waals surface area contributed by atoms with Crippen molar-refractivity contribution in [3.8, 4) is 5.75 Å². The van der Waals surface area contributed by atoms with Gasteiger partial charge in [-0.2, -0.15) is 0 Å². The fraction of sp³-hybridized carbons (Fsp3) is 0.143. The van der Waals surface area contributed by atoms with Crippen molar-refractivity contribution in [2.75, 3.05) is 18.3 Å². The molecule has 4 rings (SSSR count). The van der Waals surface area contributed by atoms with Gasteiger partial charge in [0.25, 0.3) is 5.91 Å². The second-order valence-corrected chi connectivity index (χ2v) is 9.60. The lowest BCUT2D eigenvalue weighted by Crippen LogP contribution is -2.30. The number of hydrogen-bond acceptors (Lipinski definition) is 7. The zero-order chi connectivity index (χ0) is 21.3. The molecule has 0 spiro atoms. The van der Waals surface area contributed by atoms with Gasteiger partial charge in [-0.15, -0.1) is 0 Å². The number of carbonyl (C=O) groups is 1. The molecule has 7 nitrogen and oxygen atoms in total. The summed E-state index contributed by atoms with van der Waals surface area (Å²) in [4.78, 5) is 19.6. The summed E-state index contributed by atoms with van der Waals surface area (Å²) in [6.07, 6.45) is 2.67. The first-order valence-electron chi connectivity index (χ1n) is 8.95. The molecule has 154 valence electrons. The number of sulfone groups is 1. The standard InChI is InChI=1S/C21H18N2O5S2/c1-27-17-6-3-7-18-19(17)22-21(29-18)23(13-15-5-4-12-28-15)20(24)14-8-10-16(11-9-14)30(2,25)26/h3-12H,13H2,1-2H3. The smallest absolute Gasteiger partial charge is 0.260 e. The minimum absolute atomic E-state index is 0.154. The van der Waals surface area contributed by atoms with E-state index < -0.39 is 9.84 Å². The Hall–Kier alpha value is -3.17. The number of benzene rings is 2. The van der Waals surface area contributed by atoms with E-state index in [0.717, 1.165) is 11.0 Å². The maximum atomic E-state index is 13.3. The van der Waals surface area contributed by atoms with Crippen molar-refractivity contribution in [3.05, 3.63) is 72.2 Å². The highest BCUT2D eigenvalue weighted by Crippen LogP contribution is 2.35. The summed E-state index contributed by atoms with van der Waals surface area (Å²) >= 11 is 1.36. The number of ether oxygens (including phenoxy) is 1. The van der Waals surface area contributed by atoms with Crippen LogP contribution in [0.15, 0.2) is 70.2 Å². The summed E-state index contributed by atoms with van der Waals surface area (Å²) in [5.41, 5.74) is 1.02. The number of furan rings is 1. The van der Waals surface area contributed by atoms with E-state index in [1.807, 2.05) is 18.2 Å². The second-order valence-electron chi connectivity index (χ2n) is 6.57. The summed E-state index contributed by atoms with van der Waals surface area (Å²) in [6, 6.07) is 15.0. The molecule has 0 aliphatic carbocycles. The monoisotopic (exact) mass is 442 g/mol. The Balaban J connectivity index is 1.76. The maximum Gasteiger partial charge on any atom is 0.260 e. The van der Waals surface area contributed by atoms with Crippen molar-refractivity contribution in [2.45, 2.75) is 11.4 Å². The molecule has 0 N–H and O–H groups in total. The van der Waals surface area contributed by atoms with Gasteiger partial charge in [-0.3, -0.25) is 9.69 Å². The topological polar surface area (TPSA) is 89.7 Å². The third kappa shape index (κ3) is 3.94. The van der Waals surface area contributed by atoms with Gasteiger partial charge < -0.3 is 9.15 Å². The number of methoxy groups -OCH3 is 1. The van der Waals surface area contributed by atoms with E-state index in [1.54, 1.807) is 25.5 Å². The largest absolute Gasteiger partial charge is 0.494 e. The van der Waals surface area contributed by atoms with Crippen molar-refractivity contribution < 1.29 is 22.4 Å². The lowest BCUT2D eigenvalue weighted by molar-refractivity contribution is 0.0983. The number of fused-ring (bicyclic) bond motifs is 1. The molecule has 0 aliphatic rings. The van der Waals surface area contributed by atoms with Gasteiger partial charge in [-0.25, -0.2) is 13.4 Å². The molecule has 2 aromatic carbocycles. The molecular weight excluding hydrogens is 424 g/mol. The van der Waals surface area contributed by atoms with Crippen LogP contribution in [-0.2, 0) is 16.4 Å². The van der Waals surface area contributed by atoms with Crippen molar-refractivity contribution in [2.24, 2.45) is 0 Å². The molecule has 4 aromatic rings. The van der Waals surface area contributed by atoms with Gasteiger partial charge in [0, 0.05) is 11.8 Å². The van der Waals surface area contributed by atoms with E-state index in [1.165, 1.54) is 40.5 Å². The number of amides is 1. The van der Waals surface area contributed by atoms with Crippen LogP contribution in [0.5, 0.6) is 5.75 Å². The van der Waals surface area contributed by atoms with Crippen molar-refractivity contribution >= 4 is 42.4 Å². The molecule has 2 aromatic heterocycles. The number of para-hydroxylation sites is 1. The molecule has 0 radical (unpaired) electrons. The Bertz CT molecular complexity index is 1290. The minimum atomic E-state index is -3.35. The predicted octanol–water partition coefficient (Wildman–Crippen LogP) is 4.15. The number of nitrogens with zero attached hydrogens (tertiary/aromatic N) is 2. The molecule has 0 bridgehead atoms. The number of anilines is 1. The van der Waals surface area contributed by atoms with Crippen molar-refractivity contribution in [1.29, 1.82) is 0 Å². The van der Waals surface area contributed by atoms with E-state index in [0.29, 0.717) is 27.7 Å². The van der Waals surface area contributed by atoms with Gasteiger partial charge in [-0.05, 0) is 48.5 Å². The highest BCUT2D eigenvalue weighted by Gasteiger charge is 2.24. The molecule has 0 fully saturated rings. The molecule has 0 aliphatic heterocycles. The third-order valence-corrected chi connectivity index (χ3v) is 6.66. The third-order valence-electron chi connectivity index (χ3n) is 4.49. The van der Waals surface area contributed by atoms with Crippen LogP contribution in [0.2, 0.25) is 0 Å². The molecule has 9 heteroatoms. The van der Waals surface area contributed by atoms with Crippen LogP contribution in [-0.4, -0.2) is 32.7 Å². The molecule has 0 saturated carbocycles. The van der Waals surface area contributed by atoms with E-state index in [4.69, 9.17) is 9.15 Å². The van der Waals surface area contributed by atoms with E-state index in [9.17, 15) is 13.2 Å². The van der Waals surface area contributed by atoms with Crippen molar-refractivity contribution in [3.63, 3.8) is 0 Å². The molecule has 30 heavy (non-hydrogen) atoms. The molecule has 0 atom stereocenters. The lowest BCUT2D eigenvalue weighted by atomic mass is 10.2. The molecule has 2 heterocycles. The second kappa shape index (κ2) is 7.92. The fourth-order valence-electron chi connectivity index (χ4n) is 2.98. The van der Waals surface area contributed by atoms with E-state index in [-0.39, 0.29) is 17.3 Å². The number of thiazole rings is 1. The summed E-state index contributed by atoms with van der Waals surface area (Å²) in [7, 11) is -1.78. The number of hydrogen-bond donors (Lipinski definition) is 0. The minimum Gasteiger partial charge on any atom is -0.494 e. The summed E-state index contributed by atoms with van der Waals surface area (Å²) in [6.45, 7) is 0.182. The van der Waals surface area contributed by atoms with Crippen molar-refractivity contribution in [1.82, 2.24) is 4.98 Å². The Morgan fingerprint density at radius 1 is 1.13 bits per heavy atom. The van der Waals surface area contributed by atoms with Gasteiger partial charge in [0.15, 0.2) is 15.0 Å². The maximum absolute atomic E-state index is 13.3. The zero-order valence-electron chi connectivity index (χ0n) is 16.2. The van der Waals surface area contributed by atoms with Crippen LogP contribution < -0.4 is 9.64 Å². The first-order chi connectivity index (χ1) is 14.4. The van der Waals surface area contributed by atoms with Gasteiger partial charge in [0.1, 0.15) is 17.0 Å². The van der Waals surface area contributed by atoms with E-state index in [2.05, 4.69) is 4.98 Å². The lowest BCUT2D eigenvalue weighted by Gasteiger charge is -2.19. The summed E-state index contributed by atoms with van der Waals surface area (Å²) in [5.74, 6) is 0.907. The number of rotatable bonds is 6. The van der Waals surface area contributed by atoms with Gasteiger partial charge in [0.2, 0.25) is 0 Å². The highest BCUT2D eigenvalue weighted by atomic mass is 32.2. The normalized spacial score (nSPS) is 11.5. The van der Waals surface area contributed by atoms with Gasteiger partial charge >= 0.3 is 0 Å². The van der Waals surface area contributed by atoms with Crippen LogP contribution in [0.3, 0.4) is 0 Å². The predicted molar refractivity (Wildman–Crippen MR) is 115 cm³/mol. The van der Waals surface area contributed by atoms with Gasteiger partial charge in [0.05, 0.1) is 29.5 Å². The SMILES string of the molecule is COc1cccc2sc(N(Cc3ccco3)C(=O)c3ccc(S(C)(=O)=O)cc3)nc12. The zero-order valence-corrected chi connectivity index (χ0v) is 17.9. The first kappa shape index (κ1) is 20.1. The van der Waals surface area contributed by atoms with Crippen LogP contribution in [0.1, 0.15) is 16.1 Å². The van der Waals surface area contributed by atoms with Gasteiger partial charge in [-0.1, -0.05) is 17.4 Å². The Kier molecular flexibility index (Phi) is 5.31. The fourth-order valence-corrected chi connectivity index (χ4v) is 4.59. The molecule has 1 amide bonds. The highest BCUT2D eigenvalue weighted by molar-refractivity contribution is 7.90. The summed E-state index contributed by atoms with van der Waals surface area (Å²) in [5, 5.41) is 0.489. The Labute approximate surface area is 177 Å². The number of carbonyl (C=O) groups excluding carboxylic acids is 1. The van der Waals surface area contributed by atoms with E-state index >= 15 is 0 Å². The van der Waals surface area contributed by atoms with Crippen LogP contribution >= 0.6 is 11.3 Å². The molecule has 0 unspecified atom stereocenters. The first-order valence-corrected chi connectivity index (χ1v) is 11.7. The number of aromatic nitrogens is 1. The Morgan fingerprint density at radius 3 is 2.53 bits per heavy atom. The molecular formula is C21H18N2O5S2.